The third-order valence-electron chi connectivity index (χ3n) is 3.72. The van der Waals surface area contributed by atoms with Gasteiger partial charge in [-0.15, -0.1) is 35.0 Å². The lowest BCUT2D eigenvalue weighted by Crippen LogP contribution is -2.28. The van der Waals surface area contributed by atoms with Crippen LogP contribution in [-0.4, -0.2) is 27.1 Å². The van der Waals surface area contributed by atoms with Crippen LogP contribution in [0, 0.1) is 5.92 Å². The van der Waals surface area contributed by atoms with Crippen molar-refractivity contribution in [3.8, 4) is 10.7 Å². The summed E-state index contributed by atoms with van der Waals surface area (Å²) in [5.74, 6) is 0.245. The van der Waals surface area contributed by atoms with Crippen LogP contribution in [0.15, 0.2) is 24.4 Å². The summed E-state index contributed by atoms with van der Waals surface area (Å²) >= 11 is 1.33. The van der Waals surface area contributed by atoms with E-state index in [2.05, 4.69) is 20.5 Å². The molecule has 0 saturated heterocycles. The van der Waals surface area contributed by atoms with Crippen LogP contribution in [0.4, 0.5) is 5.13 Å². The normalized spacial score (nSPS) is 19.5. The largest absolute Gasteiger partial charge is 0.327 e. The number of hydrogen-bond donors (Lipinski definition) is 2. The van der Waals surface area contributed by atoms with E-state index in [1.54, 1.807) is 6.20 Å². The molecule has 126 valence electrons. The minimum absolute atomic E-state index is 0. The van der Waals surface area contributed by atoms with E-state index < -0.39 is 0 Å². The predicted molar refractivity (Wildman–Crippen MR) is 96.2 cm³/mol. The fraction of sp³-hybridized carbons (Fsp3) is 0.429. The van der Waals surface area contributed by atoms with Gasteiger partial charge < -0.3 is 11.1 Å². The Morgan fingerprint density at radius 3 is 2.78 bits per heavy atom. The SMILES string of the molecule is Cl.Cl.N[C@@H]1CCC[C@H]1CC(=O)Nc1nnc(-c2ccccn2)s1. The number of aromatic nitrogens is 3. The number of rotatable bonds is 4. The van der Waals surface area contributed by atoms with Crippen molar-refractivity contribution in [3.63, 3.8) is 0 Å². The molecule has 2 aromatic rings. The number of hydrogen-bond acceptors (Lipinski definition) is 6. The summed E-state index contributed by atoms with van der Waals surface area (Å²) in [5, 5.41) is 12.1. The van der Waals surface area contributed by atoms with Gasteiger partial charge in [0, 0.05) is 18.7 Å². The maximum Gasteiger partial charge on any atom is 0.226 e. The lowest BCUT2D eigenvalue weighted by molar-refractivity contribution is -0.117. The summed E-state index contributed by atoms with van der Waals surface area (Å²) in [5.41, 5.74) is 6.74. The first-order valence-corrected chi connectivity index (χ1v) is 7.84. The number of halogens is 2. The zero-order valence-corrected chi connectivity index (χ0v) is 14.8. The van der Waals surface area contributed by atoms with Crippen LogP contribution in [0.2, 0.25) is 0 Å². The predicted octanol–water partition coefficient (Wildman–Crippen LogP) is 2.90. The van der Waals surface area contributed by atoms with Crippen molar-refractivity contribution >= 4 is 47.2 Å². The van der Waals surface area contributed by atoms with Gasteiger partial charge in [0.1, 0.15) is 5.69 Å². The molecule has 0 spiro atoms. The topological polar surface area (TPSA) is 93.8 Å². The van der Waals surface area contributed by atoms with Crippen molar-refractivity contribution in [1.82, 2.24) is 15.2 Å². The average molecular weight is 376 g/mol. The molecule has 1 fully saturated rings. The zero-order chi connectivity index (χ0) is 14.7. The summed E-state index contributed by atoms with van der Waals surface area (Å²) < 4.78 is 0. The van der Waals surface area contributed by atoms with Crippen LogP contribution >= 0.6 is 36.2 Å². The van der Waals surface area contributed by atoms with Crippen molar-refractivity contribution in [1.29, 1.82) is 0 Å². The van der Waals surface area contributed by atoms with Crippen molar-refractivity contribution in [2.75, 3.05) is 5.32 Å². The van der Waals surface area contributed by atoms with E-state index in [0.29, 0.717) is 16.6 Å². The molecule has 2 atom stereocenters. The minimum Gasteiger partial charge on any atom is -0.327 e. The van der Waals surface area contributed by atoms with E-state index >= 15 is 0 Å². The Labute approximate surface area is 151 Å². The lowest BCUT2D eigenvalue weighted by atomic mass is 10.00. The van der Waals surface area contributed by atoms with Gasteiger partial charge in [0.25, 0.3) is 0 Å². The number of carbonyl (C=O) groups excluding carboxylic acids is 1. The Morgan fingerprint density at radius 1 is 1.30 bits per heavy atom. The smallest absolute Gasteiger partial charge is 0.226 e. The van der Waals surface area contributed by atoms with Gasteiger partial charge in [-0.25, -0.2) is 0 Å². The van der Waals surface area contributed by atoms with E-state index in [1.807, 2.05) is 18.2 Å². The third kappa shape index (κ3) is 5.10. The van der Waals surface area contributed by atoms with Gasteiger partial charge in [-0.05, 0) is 30.9 Å². The summed E-state index contributed by atoms with van der Waals surface area (Å²) in [7, 11) is 0. The van der Waals surface area contributed by atoms with Crippen LogP contribution in [-0.2, 0) is 4.79 Å². The number of anilines is 1. The molecular formula is C14H19Cl2N5OS. The van der Waals surface area contributed by atoms with Crippen molar-refractivity contribution < 1.29 is 4.79 Å². The van der Waals surface area contributed by atoms with Gasteiger partial charge in [-0.2, -0.15) is 0 Å². The van der Waals surface area contributed by atoms with Crippen molar-refractivity contribution in [2.45, 2.75) is 31.7 Å². The van der Waals surface area contributed by atoms with Gasteiger partial charge in [0.05, 0.1) is 0 Å². The first kappa shape index (κ1) is 19.8. The molecule has 3 rings (SSSR count). The Balaban J connectivity index is 0.00000132. The second-order valence-electron chi connectivity index (χ2n) is 5.23. The quantitative estimate of drug-likeness (QED) is 0.856. The molecule has 1 saturated carbocycles. The van der Waals surface area contributed by atoms with Gasteiger partial charge in [-0.3, -0.25) is 9.78 Å². The molecule has 3 N–H and O–H groups in total. The van der Waals surface area contributed by atoms with E-state index in [-0.39, 0.29) is 42.7 Å². The van der Waals surface area contributed by atoms with E-state index in [0.717, 1.165) is 25.0 Å². The highest BCUT2D eigenvalue weighted by Crippen LogP contribution is 2.28. The van der Waals surface area contributed by atoms with Crippen molar-refractivity contribution in [2.24, 2.45) is 11.7 Å². The first-order chi connectivity index (χ1) is 10.2. The Bertz CT molecular complexity index is 625. The van der Waals surface area contributed by atoms with E-state index in [4.69, 9.17) is 5.73 Å². The molecule has 1 amide bonds. The number of nitrogens with zero attached hydrogens (tertiary/aromatic N) is 3. The molecular weight excluding hydrogens is 357 g/mol. The molecule has 0 bridgehead atoms. The van der Waals surface area contributed by atoms with Gasteiger partial charge >= 0.3 is 0 Å². The number of nitrogens with one attached hydrogen (secondary N) is 1. The standard InChI is InChI=1S/C14H17N5OS.2ClH/c15-10-5-3-4-9(10)8-12(20)17-14-19-18-13(21-14)11-6-1-2-7-16-11;;/h1-2,6-7,9-10H,3-5,8,15H2,(H,17,19,20);2*1H/t9-,10+;;/m0../s1. The number of carbonyl (C=O) groups is 1. The molecule has 0 aliphatic heterocycles. The average Bonchev–Trinajstić information content (AvgIpc) is 3.10. The fourth-order valence-electron chi connectivity index (χ4n) is 2.59. The number of pyridine rings is 1. The lowest BCUT2D eigenvalue weighted by Gasteiger charge is -2.13. The Hall–Kier alpha value is -1.28. The Morgan fingerprint density at radius 2 is 2.13 bits per heavy atom. The summed E-state index contributed by atoms with van der Waals surface area (Å²) in [6, 6.07) is 5.75. The van der Waals surface area contributed by atoms with Gasteiger partial charge in [0.15, 0.2) is 5.01 Å². The van der Waals surface area contributed by atoms with Crippen LogP contribution in [0.1, 0.15) is 25.7 Å². The minimum atomic E-state index is -0.0407. The Kier molecular flexibility index (Phi) is 7.84. The molecule has 0 radical (unpaired) electrons. The third-order valence-corrected chi connectivity index (χ3v) is 4.58. The second kappa shape index (κ2) is 9.12. The first-order valence-electron chi connectivity index (χ1n) is 7.03. The summed E-state index contributed by atoms with van der Waals surface area (Å²) in [6.45, 7) is 0. The monoisotopic (exact) mass is 375 g/mol. The highest BCUT2D eigenvalue weighted by atomic mass is 35.5. The second-order valence-corrected chi connectivity index (χ2v) is 6.21. The summed E-state index contributed by atoms with van der Waals surface area (Å²) in [6.07, 6.45) is 5.32. The number of amides is 1. The maximum atomic E-state index is 12.0. The molecule has 2 heterocycles. The zero-order valence-electron chi connectivity index (χ0n) is 12.3. The molecule has 9 heteroatoms. The van der Waals surface area contributed by atoms with Crippen LogP contribution in [0.5, 0.6) is 0 Å². The van der Waals surface area contributed by atoms with Crippen LogP contribution in [0.25, 0.3) is 10.7 Å². The molecule has 23 heavy (non-hydrogen) atoms. The summed E-state index contributed by atoms with van der Waals surface area (Å²) in [4.78, 5) is 16.2. The van der Waals surface area contributed by atoms with Gasteiger partial charge in [0.2, 0.25) is 11.0 Å². The molecule has 1 aliphatic carbocycles. The highest BCUT2D eigenvalue weighted by molar-refractivity contribution is 7.18. The number of nitrogens with two attached hydrogens (primary N) is 1. The molecule has 1 aliphatic rings. The molecule has 2 aromatic heterocycles. The molecule has 0 aromatic carbocycles. The van der Waals surface area contributed by atoms with E-state index in [9.17, 15) is 4.79 Å². The fourth-order valence-corrected chi connectivity index (χ4v) is 3.33. The van der Waals surface area contributed by atoms with Crippen molar-refractivity contribution in [3.05, 3.63) is 24.4 Å². The highest BCUT2D eigenvalue weighted by Gasteiger charge is 2.26. The maximum absolute atomic E-state index is 12.0. The van der Waals surface area contributed by atoms with E-state index in [1.165, 1.54) is 11.3 Å². The molecule has 0 unspecified atom stereocenters. The molecule has 6 nitrogen and oxygen atoms in total. The van der Waals surface area contributed by atoms with Gasteiger partial charge in [-0.1, -0.05) is 23.8 Å². The van der Waals surface area contributed by atoms with Crippen LogP contribution < -0.4 is 11.1 Å². The van der Waals surface area contributed by atoms with Crippen LogP contribution in [0.3, 0.4) is 0 Å².